The maximum absolute atomic E-state index is 12.2. The van der Waals surface area contributed by atoms with Crippen LogP contribution >= 0.6 is 0 Å². The third-order valence-corrected chi connectivity index (χ3v) is 4.05. The van der Waals surface area contributed by atoms with E-state index in [0.29, 0.717) is 5.56 Å². The van der Waals surface area contributed by atoms with Gasteiger partial charge in [-0.3, -0.25) is 0 Å². The van der Waals surface area contributed by atoms with Crippen LogP contribution in [0.3, 0.4) is 0 Å². The summed E-state index contributed by atoms with van der Waals surface area (Å²) in [5.74, 6) is -0.229. The molecule has 0 amide bonds. The second-order valence-corrected chi connectivity index (χ2v) is 5.34. The number of hydrogen-bond donors (Lipinski definition) is 0. The molecule has 0 aliphatic carbocycles. The molecule has 21 heavy (non-hydrogen) atoms. The number of carbonyl (C=O) groups is 1. The van der Waals surface area contributed by atoms with Gasteiger partial charge in [0, 0.05) is 49.3 Å². The quantitative estimate of drug-likeness (QED) is 0.809. The molecule has 0 radical (unpaired) electrons. The lowest BCUT2D eigenvalue weighted by Gasteiger charge is -2.21. The number of nitrogens with zero attached hydrogens (tertiary/aromatic N) is 2. The van der Waals surface area contributed by atoms with E-state index in [4.69, 9.17) is 4.74 Å². The lowest BCUT2D eigenvalue weighted by molar-refractivity contribution is 0.0456. The molecule has 1 aromatic heterocycles. The molecule has 1 atom stereocenters. The van der Waals surface area contributed by atoms with Crippen molar-refractivity contribution in [1.82, 2.24) is 4.57 Å². The van der Waals surface area contributed by atoms with E-state index < -0.39 is 0 Å². The van der Waals surface area contributed by atoms with Crippen LogP contribution in [-0.2, 0) is 11.8 Å². The van der Waals surface area contributed by atoms with Crippen molar-refractivity contribution in [3.05, 3.63) is 53.3 Å². The second kappa shape index (κ2) is 5.28. The summed E-state index contributed by atoms with van der Waals surface area (Å²) in [6.07, 6.45) is 3.68. The molecule has 0 fully saturated rings. The number of aryl methyl sites for hydroxylation is 1. The third kappa shape index (κ3) is 2.31. The zero-order chi connectivity index (χ0) is 15.0. The molecule has 2 heterocycles. The minimum atomic E-state index is -0.278. The lowest BCUT2D eigenvalue weighted by Crippen LogP contribution is -2.21. The number of anilines is 1. The van der Waals surface area contributed by atoms with Crippen LogP contribution in [0.1, 0.15) is 41.4 Å². The van der Waals surface area contributed by atoms with Crippen molar-refractivity contribution in [2.24, 2.45) is 7.05 Å². The van der Waals surface area contributed by atoms with Crippen molar-refractivity contribution >= 4 is 11.7 Å². The van der Waals surface area contributed by atoms with Crippen molar-refractivity contribution in [2.75, 3.05) is 18.0 Å². The highest BCUT2D eigenvalue weighted by Crippen LogP contribution is 2.37. The Labute approximate surface area is 124 Å². The number of fused-ring (bicyclic) bond motifs is 1. The fraction of sp³-hybridized carbons (Fsp3) is 0.353. The molecule has 0 saturated carbocycles. The zero-order valence-electron chi connectivity index (χ0n) is 12.7. The molecule has 1 aliphatic rings. The van der Waals surface area contributed by atoms with E-state index in [1.165, 1.54) is 0 Å². The van der Waals surface area contributed by atoms with Crippen molar-refractivity contribution in [1.29, 1.82) is 0 Å². The predicted molar refractivity (Wildman–Crippen MR) is 82.7 cm³/mol. The molecule has 4 nitrogen and oxygen atoms in total. The van der Waals surface area contributed by atoms with Crippen LogP contribution in [-0.4, -0.2) is 23.6 Å². The summed E-state index contributed by atoms with van der Waals surface area (Å²) in [7, 11) is 1.96. The van der Waals surface area contributed by atoms with Gasteiger partial charge in [0.2, 0.25) is 0 Å². The first kappa shape index (κ1) is 13.7. The van der Waals surface area contributed by atoms with E-state index in [2.05, 4.69) is 24.8 Å². The molecule has 0 bridgehead atoms. The van der Waals surface area contributed by atoms with E-state index in [-0.39, 0.29) is 12.1 Å². The number of esters is 1. The highest BCUT2D eigenvalue weighted by atomic mass is 16.5. The van der Waals surface area contributed by atoms with Gasteiger partial charge in [0.05, 0.1) is 5.56 Å². The summed E-state index contributed by atoms with van der Waals surface area (Å²) in [4.78, 5) is 14.4. The summed E-state index contributed by atoms with van der Waals surface area (Å²) < 4.78 is 7.53. The van der Waals surface area contributed by atoms with E-state index >= 15 is 0 Å². The normalized spacial score (nSPS) is 16.7. The van der Waals surface area contributed by atoms with Crippen molar-refractivity contribution < 1.29 is 9.53 Å². The first-order chi connectivity index (χ1) is 10.1. The molecule has 3 rings (SSSR count). The molecule has 2 aromatic rings. The average Bonchev–Trinajstić information content (AvgIpc) is 3.05. The van der Waals surface area contributed by atoms with Crippen LogP contribution in [0.4, 0.5) is 5.69 Å². The average molecular weight is 284 g/mol. The van der Waals surface area contributed by atoms with Gasteiger partial charge in [-0.2, -0.15) is 0 Å². The van der Waals surface area contributed by atoms with Gasteiger partial charge in [0.15, 0.2) is 6.10 Å². The number of aromatic nitrogens is 1. The molecule has 0 spiro atoms. The topological polar surface area (TPSA) is 34.5 Å². The predicted octanol–water partition coefficient (Wildman–Crippen LogP) is 3.13. The molecular weight excluding hydrogens is 264 g/mol. The summed E-state index contributed by atoms with van der Waals surface area (Å²) in [6, 6.07) is 8.04. The molecule has 1 unspecified atom stereocenters. The highest BCUT2D eigenvalue weighted by Gasteiger charge is 2.33. The highest BCUT2D eigenvalue weighted by molar-refractivity contribution is 5.95. The number of benzene rings is 1. The first-order valence-corrected chi connectivity index (χ1v) is 7.35. The van der Waals surface area contributed by atoms with Crippen LogP contribution in [0.25, 0.3) is 0 Å². The molecule has 1 aromatic carbocycles. The van der Waals surface area contributed by atoms with E-state index in [0.717, 1.165) is 29.9 Å². The molecule has 0 N–H and O–H groups in total. The molecular formula is C17H20N2O2. The number of ether oxygens (including phenoxy) is 1. The molecule has 0 saturated heterocycles. The summed E-state index contributed by atoms with van der Waals surface area (Å²) in [6.45, 7) is 6.07. The van der Waals surface area contributed by atoms with Gasteiger partial charge in [0.25, 0.3) is 0 Å². The smallest absolute Gasteiger partial charge is 0.339 e. The Morgan fingerprint density at radius 2 is 2.00 bits per heavy atom. The van der Waals surface area contributed by atoms with Gasteiger partial charge in [0.1, 0.15) is 0 Å². The maximum atomic E-state index is 12.2. The number of rotatable bonds is 4. The Balaban J connectivity index is 2.00. The van der Waals surface area contributed by atoms with Gasteiger partial charge in [-0.15, -0.1) is 0 Å². The lowest BCUT2D eigenvalue weighted by atomic mass is 10.0. The van der Waals surface area contributed by atoms with Crippen LogP contribution in [0.5, 0.6) is 0 Å². The minimum absolute atomic E-state index is 0.229. The fourth-order valence-corrected chi connectivity index (χ4v) is 2.90. The van der Waals surface area contributed by atoms with Crippen molar-refractivity contribution in [2.45, 2.75) is 20.0 Å². The Hall–Kier alpha value is -2.23. The largest absolute Gasteiger partial charge is 0.449 e. The minimum Gasteiger partial charge on any atom is -0.449 e. The van der Waals surface area contributed by atoms with Crippen molar-refractivity contribution in [3.63, 3.8) is 0 Å². The fourth-order valence-electron chi connectivity index (χ4n) is 2.90. The van der Waals surface area contributed by atoms with Gasteiger partial charge >= 0.3 is 5.97 Å². The van der Waals surface area contributed by atoms with Gasteiger partial charge in [-0.05, 0) is 32.0 Å². The Kier molecular flexibility index (Phi) is 3.45. The van der Waals surface area contributed by atoms with Crippen molar-refractivity contribution in [3.8, 4) is 0 Å². The number of cyclic esters (lactones) is 1. The molecule has 4 heteroatoms. The van der Waals surface area contributed by atoms with E-state index in [1.807, 2.05) is 42.2 Å². The van der Waals surface area contributed by atoms with Crippen LogP contribution in [0.2, 0.25) is 0 Å². The van der Waals surface area contributed by atoms with Crippen LogP contribution in [0.15, 0.2) is 36.7 Å². The second-order valence-electron chi connectivity index (χ2n) is 5.34. The van der Waals surface area contributed by atoms with Gasteiger partial charge < -0.3 is 14.2 Å². The maximum Gasteiger partial charge on any atom is 0.339 e. The molecule has 1 aliphatic heterocycles. The van der Waals surface area contributed by atoms with E-state index in [9.17, 15) is 4.79 Å². The third-order valence-electron chi connectivity index (χ3n) is 4.05. The monoisotopic (exact) mass is 284 g/mol. The number of hydrogen-bond acceptors (Lipinski definition) is 3. The Morgan fingerprint density at radius 3 is 2.62 bits per heavy atom. The van der Waals surface area contributed by atoms with Crippen LogP contribution < -0.4 is 4.90 Å². The molecule has 110 valence electrons. The summed E-state index contributed by atoms with van der Waals surface area (Å²) in [5, 5.41) is 0. The SMILES string of the molecule is CCN(CC)c1ccc2c(c1)C(=O)OC2c1ccn(C)c1. The zero-order valence-corrected chi connectivity index (χ0v) is 12.7. The van der Waals surface area contributed by atoms with Gasteiger partial charge in [-0.25, -0.2) is 4.79 Å². The standard InChI is InChI=1S/C17H20N2O2/c1-4-19(5-2)13-6-7-14-15(10-13)17(20)21-16(14)12-8-9-18(3)11-12/h6-11,16H,4-5H2,1-3H3. The van der Waals surface area contributed by atoms with Gasteiger partial charge in [-0.1, -0.05) is 6.07 Å². The Morgan fingerprint density at radius 1 is 1.24 bits per heavy atom. The summed E-state index contributed by atoms with van der Waals surface area (Å²) >= 11 is 0. The first-order valence-electron chi connectivity index (χ1n) is 7.35. The summed E-state index contributed by atoms with van der Waals surface area (Å²) in [5.41, 5.74) is 3.74. The van der Waals surface area contributed by atoms with Crippen LogP contribution in [0, 0.1) is 0 Å². The Bertz CT molecular complexity index is 671. The number of carbonyl (C=O) groups excluding carboxylic acids is 1. The van der Waals surface area contributed by atoms with E-state index in [1.54, 1.807) is 0 Å².